The Labute approximate surface area is 111 Å². The van der Waals surface area contributed by atoms with E-state index in [1.165, 1.54) is 11.3 Å². The summed E-state index contributed by atoms with van der Waals surface area (Å²) in [5, 5.41) is 4.88. The molecule has 0 aliphatic rings. The molecule has 0 saturated carbocycles. The van der Waals surface area contributed by atoms with Crippen LogP contribution in [0.15, 0.2) is 40.9 Å². The monoisotopic (exact) mass is 264 g/mol. The summed E-state index contributed by atoms with van der Waals surface area (Å²) in [4.78, 5) is 16.0. The fourth-order valence-electron chi connectivity index (χ4n) is 1.14. The third-order valence-electron chi connectivity index (χ3n) is 1.85. The zero-order valence-electron chi connectivity index (χ0n) is 10.3. The van der Waals surface area contributed by atoms with Crippen LogP contribution in [0, 0.1) is 0 Å². The Morgan fingerprint density at radius 2 is 2.50 bits per heavy atom. The Morgan fingerprint density at radius 3 is 3.06 bits per heavy atom. The van der Waals surface area contributed by atoms with Gasteiger partial charge in [-0.2, -0.15) is 0 Å². The van der Waals surface area contributed by atoms with Gasteiger partial charge in [0.1, 0.15) is 0 Å². The molecule has 0 amide bonds. The van der Waals surface area contributed by atoms with Gasteiger partial charge in [-0.15, -0.1) is 17.9 Å². The van der Waals surface area contributed by atoms with Crippen LogP contribution in [0.25, 0.3) is 6.08 Å². The molecular weight excluding hydrogens is 248 g/mol. The molecule has 1 aromatic rings. The molecule has 0 aromatic carbocycles. The zero-order valence-corrected chi connectivity index (χ0v) is 11.1. The number of carbonyl (C=O) groups is 1. The third-order valence-corrected chi connectivity index (χ3v) is 2.67. The van der Waals surface area contributed by atoms with Crippen molar-refractivity contribution in [3.63, 3.8) is 0 Å². The average Bonchev–Trinajstić information content (AvgIpc) is 2.88. The quantitative estimate of drug-likeness (QED) is 0.214. The number of thiophene rings is 1. The molecule has 0 bridgehead atoms. The van der Waals surface area contributed by atoms with Crippen LogP contribution in [0.5, 0.6) is 0 Å². The molecule has 0 aliphatic heterocycles. The molecule has 5 heteroatoms. The number of hydrogen-bond acceptors (Lipinski definition) is 4. The van der Waals surface area contributed by atoms with Gasteiger partial charge >= 0.3 is 0 Å². The highest BCUT2D eigenvalue weighted by Gasteiger charge is 2.03. The van der Waals surface area contributed by atoms with Crippen molar-refractivity contribution >= 4 is 29.7 Å². The van der Waals surface area contributed by atoms with E-state index in [-0.39, 0.29) is 5.76 Å². The molecule has 0 spiro atoms. The molecule has 1 heterocycles. The van der Waals surface area contributed by atoms with E-state index in [9.17, 15) is 4.79 Å². The number of ether oxygens (including phenoxy) is 1. The molecular formula is C13H16N2O2S. The maximum absolute atomic E-state index is 11.0. The number of hydrogen-bond donors (Lipinski definition) is 1. The lowest BCUT2D eigenvalue weighted by molar-refractivity contribution is -0.106. The number of nitrogens with one attached hydrogen (secondary N) is 1. The summed E-state index contributed by atoms with van der Waals surface area (Å²) in [6.07, 6.45) is 4.00. The first-order valence-electron chi connectivity index (χ1n) is 5.57. The van der Waals surface area contributed by atoms with Gasteiger partial charge in [0.25, 0.3) is 6.02 Å². The molecule has 96 valence electrons. The first-order chi connectivity index (χ1) is 8.80. The van der Waals surface area contributed by atoms with Crippen molar-refractivity contribution < 1.29 is 9.53 Å². The van der Waals surface area contributed by atoms with Crippen LogP contribution in [0.1, 0.15) is 11.8 Å². The predicted molar refractivity (Wildman–Crippen MR) is 75.6 cm³/mol. The summed E-state index contributed by atoms with van der Waals surface area (Å²) >= 11 is 1.53. The number of aldehydes is 1. The lowest BCUT2D eigenvalue weighted by Gasteiger charge is -2.08. The van der Waals surface area contributed by atoms with Gasteiger partial charge < -0.3 is 10.1 Å². The van der Waals surface area contributed by atoms with Crippen molar-refractivity contribution in [2.75, 3.05) is 13.1 Å². The second kappa shape index (κ2) is 8.25. The van der Waals surface area contributed by atoms with Gasteiger partial charge in [-0.25, -0.2) is 4.99 Å². The van der Waals surface area contributed by atoms with Crippen molar-refractivity contribution in [3.05, 3.63) is 40.8 Å². The lowest BCUT2D eigenvalue weighted by atomic mass is 10.4. The van der Waals surface area contributed by atoms with Crippen LogP contribution in [0.4, 0.5) is 0 Å². The van der Waals surface area contributed by atoms with Gasteiger partial charge in [-0.1, -0.05) is 12.1 Å². The molecule has 0 fully saturated rings. The van der Waals surface area contributed by atoms with Gasteiger partial charge in [0.05, 0.1) is 6.54 Å². The highest BCUT2D eigenvalue weighted by atomic mass is 32.1. The minimum Gasteiger partial charge on any atom is -0.423 e. The van der Waals surface area contributed by atoms with Crippen molar-refractivity contribution in [1.82, 2.24) is 5.32 Å². The SMILES string of the molecule is C=CCN=C(NCC)O/C(C=O)=C/c1cccs1. The standard InChI is InChI=1S/C13H16N2O2S/c1-3-7-15-13(14-4-2)17-11(10-16)9-12-6-5-8-18-12/h3,5-6,8-10H,1,4,7H2,2H3,(H,14,15)/b11-9+. The van der Waals surface area contributed by atoms with Gasteiger partial charge in [-0.05, 0) is 18.4 Å². The summed E-state index contributed by atoms with van der Waals surface area (Å²) in [5.41, 5.74) is 0. The Morgan fingerprint density at radius 1 is 1.67 bits per heavy atom. The lowest BCUT2D eigenvalue weighted by Crippen LogP contribution is -2.26. The van der Waals surface area contributed by atoms with Crippen LogP contribution in [0.2, 0.25) is 0 Å². The molecule has 1 N–H and O–H groups in total. The summed E-state index contributed by atoms with van der Waals surface area (Å²) < 4.78 is 5.41. The van der Waals surface area contributed by atoms with Gasteiger partial charge in [0.2, 0.25) is 0 Å². The Balaban J connectivity index is 2.76. The zero-order chi connectivity index (χ0) is 13.2. The normalized spacial score (nSPS) is 12.1. The highest BCUT2D eigenvalue weighted by Crippen LogP contribution is 2.13. The van der Waals surface area contributed by atoms with E-state index in [0.717, 1.165) is 4.88 Å². The van der Waals surface area contributed by atoms with Crippen LogP contribution >= 0.6 is 11.3 Å². The number of rotatable bonds is 6. The van der Waals surface area contributed by atoms with E-state index in [1.54, 1.807) is 12.2 Å². The molecule has 0 atom stereocenters. The summed E-state index contributed by atoms with van der Waals surface area (Å²) in [6.45, 7) is 6.61. The van der Waals surface area contributed by atoms with Crippen LogP contribution < -0.4 is 5.32 Å². The average molecular weight is 264 g/mol. The number of allylic oxidation sites excluding steroid dienone is 1. The molecule has 1 rings (SSSR count). The summed E-state index contributed by atoms with van der Waals surface area (Å²) in [6, 6.07) is 4.15. The Hall–Kier alpha value is -1.88. The Kier molecular flexibility index (Phi) is 6.50. The predicted octanol–water partition coefficient (Wildman–Crippen LogP) is 2.46. The van der Waals surface area contributed by atoms with Crippen molar-refractivity contribution in [2.24, 2.45) is 4.99 Å². The van der Waals surface area contributed by atoms with E-state index in [0.29, 0.717) is 25.4 Å². The maximum atomic E-state index is 11.0. The van der Waals surface area contributed by atoms with Crippen LogP contribution in [-0.4, -0.2) is 25.4 Å². The smallest absolute Gasteiger partial charge is 0.290 e. The van der Waals surface area contributed by atoms with Crippen LogP contribution in [0.3, 0.4) is 0 Å². The van der Waals surface area contributed by atoms with Gasteiger partial charge in [0.15, 0.2) is 12.0 Å². The summed E-state index contributed by atoms with van der Waals surface area (Å²) in [7, 11) is 0. The van der Waals surface area contributed by atoms with E-state index < -0.39 is 0 Å². The van der Waals surface area contributed by atoms with Gasteiger partial charge in [0, 0.05) is 17.5 Å². The van der Waals surface area contributed by atoms with Crippen molar-refractivity contribution in [3.8, 4) is 0 Å². The summed E-state index contributed by atoms with van der Waals surface area (Å²) in [5.74, 6) is 0.223. The second-order valence-electron chi connectivity index (χ2n) is 3.25. The molecule has 0 radical (unpaired) electrons. The topological polar surface area (TPSA) is 50.7 Å². The molecule has 18 heavy (non-hydrogen) atoms. The molecule has 0 saturated heterocycles. The largest absolute Gasteiger partial charge is 0.423 e. The van der Waals surface area contributed by atoms with Crippen molar-refractivity contribution in [1.29, 1.82) is 0 Å². The number of aliphatic imine (C=N–C) groups is 1. The van der Waals surface area contributed by atoms with E-state index in [1.807, 2.05) is 24.4 Å². The Bertz CT molecular complexity index is 436. The molecule has 0 unspecified atom stereocenters. The third kappa shape index (κ3) is 4.97. The number of carbonyl (C=O) groups excluding carboxylic acids is 1. The fourth-order valence-corrected chi connectivity index (χ4v) is 1.79. The first-order valence-corrected chi connectivity index (χ1v) is 6.45. The molecule has 1 aromatic heterocycles. The van der Waals surface area contributed by atoms with Crippen molar-refractivity contribution in [2.45, 2.75) is 6.92 Å². The maximum Gasteiger partial charge on any atom is 0.290 e. The van der Waals surface area contributed by atoms with Gasteiger partial charge in [-0.3, -0.25) is 4.79 Å². The minimum atomic E-state index is 0.223. The second-order valence-corrected chi connectivity index (χ2v) is 4.23. The van der Waals surface area contributed by atoms with E-state index >= 15 is 0 Å². The number of nitrogens with zero attached hydrogens (tertiary/aromatic N) is 1. The van der Waals surface area contributed by atoms with Crippen LogP contribution in [-0.2, 0) is 9.53 Å². The molecule has 4 nitrogen and oxygen atoms in total. The fraction of sp³-hybridized carbons (Fsp3) is 0.231. The first kappa shape index (κ1) is 14.2. The van der Waals surface area contributed by atoms with E-state index in [4.69, 9.17) is 4.74 Å². The molecule has 0 aliphatic carbocycles. The number of amidine groups is 1. The minimum absolute atomic E-state index is 0.223. The van der Waals surface area contributed by atoms with E-state index in [2.05, 4.69) is 16.9 Å². The highest BCUT2D eigenvalue weighted by molar-refractivity contribution is 7.10.